The number of aliphatic hydroxyl groups is 1. The van der Waals surface area contributed by atoms with Crippen molar-refractivity contribution >= 4 is 11.8 Å². The molecule has 0 saturated heterocycles. The van der Waals surface area contributed by atoms with Crippen molar-refractivity contribution in [2.75, 3.05) is 13.7 Å². The van der Waals surface area contributed by atoms with Crippen LogP contribution in [0.25, 0.3) is 0 Å². The summed E-state index contributed by atoms with van der Waals surface area (Å²) in [5.74, 6) is 0.0334. The lowest BCUT2D eigenvalue weighted by Gasteiger charge is -2.32. The van der Waals surface area contributed by atoms with Gasteiger partial charge in [0.2, 0.25) is 0 Å². The van der Waals surface area contributed by atoms with Gasteiger partial charge >= 0.3 is 5.97 Å². The molecule has 0 aromatic heterocycles. The SMILES string of the molecule is COC(=O)C(C)(C)C1CCC(=O)[C@H]1CCCCO. The Balaban J connectivity index is 2.73. The lowest BCUT2D eigenvalue weighted by Crippen LogP contribution is -2.37. The number of unbranched alkanes of at least 4 members (excludes halogenated alkanes) is 1. The molecule has 0 aromatic rings. The monoisotopic (exact) mass is 256 g/mol. The molecular formula is C14H24O4. The van der Waals surface area contributed by atoms with Crippen molar-refractivity contribution in [3.8, 4) is 0 Å². The normalized spacial score (nSPS) is 24.3. The first-order valence-electron chi connectivity index (χ1n) is 6.67. The van der Waals surface area contributed by atoms with Crippen LogP contribution in [0.5, 0.6) is 0 Å². The molecule has 0 spiro atoms. The van der Waals surface area contributed by atoms with Gasteiger partial charge in [-0.3, -0.25) is 9.59 Å². The van der Waals surface area contributed by atoms with E-state index < -0.39 is 5.41 Å². The van der Waals surface area contributed by atoms with Gasteiger partial charge in [0.25, 0.3) is 0 Å². The van der Waals surface area contributed by atoms with Crippen LogP contribution >= 0.6 is 0 Å². The highest BCUT2D eigenvalue weighted by atomic mass is 16.5. The maximum Gasteiger partial charge on any atom is 0.311 e. The Hall–Kier alpha value is -0.900. The first-order chi connectivity index (χ1) is 8.45. The molecule has 0 amide bonds. The third kappa shape index (κ3) is 3.10. The highest BCUT2D eigenvalue weighted by Gasteiger charge is 2.47. The number of carbonyl (C=O) groups is 2. The number of ether oxygens (including phenoxy) is 1. The first-order valence-corrected chi connectivity index (χ1v) is 6.67. The zero-order valence-electron chi connectivity index (χ0n) is 11.6. The van der Waals surface area contributed by atoms with E-state index in [2.05, 4.69) is 0 Å². The summed E-state index contributed by atoms with van der Waals surface area (Å²) in [5.41, 5.74) is -0.606. The van der Waals surface area contributed by atoms with E-state index in [0.717, 1.165) is 25.7 Å². The molecule has 0 radical (unpaired) electrons. The molecule has 1 saturated carbocycles. The van der Waals surface area contributed by atoms with Gasteiger partial charge in [-0.1, -0.05) is 6.42 Å². The third-order valence-electron chi connectivity index (χ3n) is 4.16. The second-order valence-electron chi connectivity index (χ2n) is 5.65. The van der Waals surface area contributed by atoms with Gasteiger partial charge in [0, 0.05) is 18.9 Å². The van der Waals surface area contributed by atoms with Gasteiger partial charge in [-0.25, -0.2) is 0 Å². The summed E-state index contributed by atoms with van der Waals surface area (Å²) in [4.78, 5) is 23.8. The van der Waals surface area contributed by atoms with E-state index in [1.807, 2.05) is 13.8 Å². The van der Waals surface area contributed by atoms with Gasteiger partial charge in [0.1, 0.15) is 5.78 Å². The summed E-state index contributed by atoms with van der Waals surface area (Å²) in [6.45, 7) is 3.88. The summed E-state index contributed by atoms with van der Waals surface area (Å²) in [6, 6.07) is 0. The van der Waals surface area contributed by atoms with Crippen LogP contribution in [-0.4, -0.2) is 30.6 Å². The Kier molecular flexibility index (Phi) is 5.32. The number of methoxy groups -OCH3 is 1. The van der Waals surface area contributed by atoms with Crippen LogP contribution in [0.4, 0.5) is 0 Å². The van der Waals surface area contributed by atoms with Gasteiger partial charge in [-0.15, -0.1) is 0 Å². The number of ketones is 1. The van der Waals surface area contributed by atoms with Crippen LogP contribution in [0.15, 0.2) is 0 Å². The number of aliphatic hydroxyl groups excluding tert-OH is 1. The van der Waals surface area contributed by atoms with Crippen molar-refractivity contribution in [2.24, 2.45) is 17.3 Å². The van der Waals surface area contributed by atoms with Crippen molar-refractivity contribution in [1.82, 2.24) is 0 Å². The Labute approximate surface area is 109 Å². The summed E-state index contributed by atoms with van der Waals surface area (Å²) in [5, 5.41) is 8.80. The van der Waals surface area contributed by atoms with Gasteiger partial charge in [0.05, 0.1) is 12.5 Å². The van der Waals surface area contributed by atoms with E-state index in [1.54, 1.807) is 0 Å². The van der Waals surface area contributed by atoms with Crippen molar-refractivity contribution in [2.45, 2.75) is 46.0 Å². The molecule has 4 heteroatoms. The minimum absolute atomic E-state index is 0.0503. The predicted molar refractivity (Wildman–Crippen MR) is 68.0 cm³/mol. The van der Waals surface area contributed by atoms with Gasteiger partial charge in [0.15, 0.2) is 0 Å². The van der Waals surface area contributed by atoms with Gasteiger partial charge < -0.3 is 9.84 Å². The highest BCUT2D eigenvalue weighted by molar-refractivity contribution is 5.85. The molecule has 4 nitrogen and oxygen atoms in total. The van der Waals surface area contributed by atoms with Crippen molar-refractivity contribution < 1.29 is 19.4 Å². The minimum atomic E-state index is -0.606. The molecule has 0 heterocycles. The molecule has 0 bridgehead atoms. The molecule has 104 valence electrons. The average molecular weight is 256 g/mol. The Morgan fingerprint density at radius 1 is 1.44 bits per heavy atom. The van der Waals surface area contributed by atoms with Crippen LogP contribution in [0.3, 0.4) is 0 Å². The molecule has 2 atom stereocenters. The third-order valence-corrected chi connectivity index (χ3v) is 4.16. The molecule has 1 N–H and O–H groups in total. The van der Waals surface area contributed by atoms with E-state index in [-0.39, 0.29) is 30.2 Å². The fourth-order valence-corrected chi connectivity index (χ4v) is 3.03. The lowest BCUT2D eigenvalue weighted by atomic mass is 9.72. The number of rotatable bonds is 6. The minimum Gasteiger partial charge on any atom is -0.469 e. The Morgan fingerprint density at radius 3 is 2.67 bits per heavy atom. The van der Waals surface area contributed by atoms with Crippen LogP contribution in [0, 0.1) is 17.3 Å². The van der Waals surface area contributed by atoms with Gasteiger partial charge in [-0.05, 0) is 39.0 Å². The molecule has 18 heavy (non-hydrogen) atoms. The lowest BCUT2D eigenvalue weighted by molar-refractivity contribution is -0.155. The van der Waals surface area contributed by atoms with E-state index in [1.165, 1.54) is 7.11 Å². The summed E-state index contributed by atoms with van der Waals surface area (Å²) >= 11 is 0. The molecule has 1 aliphatic rings. The van der Waals surface area contributed by atoms with Gasteiger partial charge in [-0.2, -0.15) is 0 Å². The number of hydrogen-bond acceptors (Lipinski definition) is 4. The van der Waals surface area contributed by atoms with Crippen LogP contribution in [0.2, 0.25) is 0 Å². The average Bonchev–Trinajstić information content (AvgIpc) is 2.71. The maximum absolute atomic E-state index is 11.9. The van der Waals surface area contributed by atoms with E-state index in [4.69, 9.17) is 9.84 Å². The fraction of sp³-hybridized carbons (Fsp3) is 0.857. The topological polar surface area (TPSA) is 63.6 Å². The van der Waals surface area contributed by atoms with Crippen molar-refractivity contribution in [3.05, 3.63) is 0 Å². The molecule has 1 unspecified atom stereocenters. The summed E-state index contributed by atoms with van der Waals surface area (Å²) in [6.07, 6.45) is 3.65. The largest absolute Gasteiger partial charge is 0.469 e. The second kappa shape index (κ2) is 6.32. The van der Waals surface area contributed by atoms with Crippen LogP contribution in [0.1, 0.15) is 46.0 Å². The van der Waals surface area contributed by atoms with E-state index in [0.29, 0.717) is 6.42 Å². The van der Waals surface area contributed by atoms with E-state index >= 15 is 0 Å². The van der Waals surface area contributed by atoms with Crippen molar-refractivity contribution in [3.63, 3.8) is 0 Å². The molecule has 1 rings (SSSR count). The van der Waals surface area contributed by atoms with E-state index in [9.17, 15) is 9.59 Å². The molecule has 1 fully saturated rings. The molecule has 0 aliphatic heterocycles. The highest BCUT2D eigenvalue weighted by Crippen LogP contribution is 2.44. The fourth-order valence-electron chi connectivity index (χ4n) is 3.03. The zero-order chi connectivity index (χ0) is 13.8. The molecular weight excluding hydrogens is 232 g/mol. The van der Waals surface area contributed by atoms with Crippen molar-refractivity contribution in [1.29, 1.82) is 0 Å². The quantitative estimate of drug-likeness (QED) is 0.582. The van der Waals surface area contributed by atoms with Crippen LogP contribution in [-0.2, 0) is 14.3 Å². The first kappa shape index (κ1) is 15.2. The summed E-state index contributed by atoms with van der Waals surface area (Å²) < 4.78 is 4.85. The predicted octanol–water partition coefficient (Wildman–Crippen LogP) is 1.94. The Bertz CT molecular complexity index is 309. The molecule has 1 aliphatic carbocycles. The number of Topliss-reactive ketones (excluding diaryl/α,β-unsaturated/α-hetero) is 1. The number of carbonyl (C=O) groups excluding carboxylic acids is 2. The second-order valence-corrected chi connectivity index (χ2v) is 5.65. The molecule has 0 aromatic carbocycles. The summed E-state index contributed by atoms with van der Waals surface area (Å²) in [7, 11) is 1.39. The Morgan fingerprint density at radius 2 is 2.11 bits per heavy atom. The van der Waals surface area contributed by atoms with Crippen LogP contribution < -0.4 is 0 Å². The zero-order valence-corrected chi connectivity index (χ0v) is 11.6. The standard InChI is InChI=1S/C14H24O4/c1-14(2,13(17)18-3)11-7-8-12(16)10(11)6-4-5-9-15/h10-11,15H,4-9H2,1-3H3/t10-,11?/m0/s1. The number of esters is 1. The smallest absolute Gasteiger partial charge is 0.311 e. The number of hydrogen-bond donors (Lipinski definition) is 1. The maximum atomic E-state index is 11.9.